The molecule has 2 heteroatoms. The Hall–Kier alpha value is -1.96. The van der Waals surface area contributed by atoms with E-state index in [1.807, 2.05) is 24.3 Å². The van der Waals surface area contributed by atoms with Crippen LogP contribution in [0.25, 0.3) is 0 Å². The largest absolute Gasteiger partial charge is 0.398 e. The molecule has 2 nitrogen and oxygen atoms in total. The molecule has 0 bridgehead atoms. The number of rotatable bonds is 4. The molecule has 0 amide bonds. The highest BCUT2D eigenvalue weighted by atomic mass is 14.9. The number of hydrogen-bond donors (Lipinski definition) is 2. The summed E-state index contributed by atoms with van der Waals surface area (Å²) in [6.07, 6.45) is 1.08. The van der Waals surface area contributed by atoms with Gasteiger partial charge in [-0.2, -0.15) is 0 Å². The summed E-state index contributed by atoms with van der Waals surface area (Å²) in [5.41, 5.74) is 10.3. The predicted molar refractivity (Wildman–Crippen MR) is 74.0 cm³/mol. The van der Waals surface area contributed by atoms with Gasteiger partial charge in [0.15, 0.2) is 0 Å². The van der Waals surface area contributed by atoms with Crippen LogP contribution in [0, 0.1) is 0 Å². The predicted octanol–water partition coefficient (Wildman–Crippen LogP) is 3.44. The Kier molecular flexibility index (Phi) is 3.66. The first-order valence-corrected chi connectivity index (χ1v) is 5.96. The number of aryl methyl sites for hydroxylation is 1. The van der Waals surface area contributed by atoms with Crippen LogP contribution < -0.4 is 11.1 Å². The van der Waals surface area contributed by atoms with E-state index in [1.165, 1.54) is 5.56 Å². The van der Waals surface area contributed by atoms with Crippen molar-refractivity contribution in [3.8, 4) is 0 Å². The molecular weight excluding hydrogens is 208 g/mol. The third-order valence-corrected chi connectivity index (χ3v) is 2.90. The van der Waals surface area contributed by atoms with Gasteiger partial charge >= 0.3 is 0 Å². The molecule has 2 aromatic carbocycles. The lowest BCUT2D eigenvalue weighted by atomic mass is 10.1. The van der Waals surface area contributed by atoms with Crippen molar-refractivity contribution in [2.75, 3.05) is 11.1 Å². The molecule has 0 unspecified atom stereocenters. The van der Waals surface area contributed by atoms with Gasteiger partial charge in [-0.3, -0.25) is 0 Å². The number of nitrogens with one attached hydrogen (secondary N) is 1. The number of hydrogen-bond acceptors (Lipinski definition) is 2. The van der Waals surface area contributed by atoms with E-state index in [9.17, 15) is 0 Å². The second kappa shape index (κ2) is 5.39. The van der Waals surface area contributed by atoms with Gasteiger partial charge < -0.3 is 11.1 Å². The standard InChI is InChI=1S/C15H18N2/c1-2-12-7-9-14(10-8-12)17-11-13-5-3-4-6-15(13)16/h3-10,17H,2,11,16H2,1H3. The lowest BCUT2D eigenvalue weighted by Gasteiger charge is -2.09. The first kappa shape index (κ1) is 11.5. The fourth-order valence-electron chi connectivity index (χ4n) is 1.75. The molecule has 0 fully saturated rings. The average molecular weight is 226 g/mol. The van der Waals surface area contributed by atoms with Crippen LogP contribution in [0.15, 0.2) is 48.5 Å². The smallest absolute Gasteiger partial charge is 0.0421 e. The molecule has 0 spiro atoms. The molecule has 2 aromatic rings. The molecule has 17 heavy (non-hydrogen) atoms. The summed E-state index contributed by atoms with van der Waals surface area (Å²) in [7, 11) is 0. The number of benzene rings is 2. The van der Waals surface area contributed by atoms with Crippen molar-refractivity contribution in [3.63, 3.8) is 0 Å². The maximum absolute atomic E-state index is 5.89. The minimum Gasteiger partial charge on any atom is -0.398 e. The fraction of sp³-hybridized carbons (Fsp3) is 0.200. The van der Waals surface area contributed by atoms with Crippen molar-refractivity contribution in [3.05, 3.63) is 59.7 Å². The third-order valence-electron chi connectivity index (χ3n) is 2.90. The van der Waals surface area contributed by atoms with Crippen molar-refractivity contribution in [2.45, 2.75) is 19.9 Å². The van der Waals surface area contributed by atoms with Gasteiger partial charge in [0.25, 0.3) is 0 Å². The van der Waals surface area contributed by atoms with E-state index < -0.39 is 0 Å². The lowest BCUT2D eigenvalue weighted by Crippen LogP contribution is -2.02. The highest BCUT2D eigenvalue weighted by Crippen LogP contribution is 2.14. The second-order valence-electron chi connectivity index (χ2n) is 4.10. The quantitative estimate of drug-likeness (QED) is 0.784. The lowest BCUT2D eigenvalue weighted by molar-refractivity contribution is 1.12. The Balaban J connectivity index is 2.00. The average Bonchev–Trinajstić information content (AvgIpc) is 2.38. The zero-order chi connectivity index (χ0) is 12.1. The van der Waals surface area contributed by atoms with Gasteiger partial charge in [0.05, 0.1) is 0 Å². The number of para-hydroxylation sites is 1. The van der Waals surface area contributed by atoms with E-state index >= 15 is 0 Å². The molecule has 88 valence electrons. The molecular formula is C15H18N2. The van der Waals surface area contributed by atoms with Gasteiger partial charge in [0.2, 0.25) is 0 Å². The molecule has 0 saturated carbocycles. The maximum atomic E-state index is 5.89. The Morgan fingerprint density at radius 2 is 1.71 bits per heavy atom. The zero-order valence-electron chi connectivity index (χ0n) is 10.1. The molecule has 0 aliphatic rings. The summed E-state index contributed by atoms with van der Waals surface area (Å²) in [5, 5.41) is 3.37. The van der Waals surface area contributed by atoms with E-state index in [0.29, 0.717) is 0 Å². The second-order valence-corrected chi connectivity index (χ2v) is 4.10. The topological polar surface area (TPSA) is 38.0 Å². The van der Waals surface area contributed by atoms with Gasteiger partial charge in [-0.15, -0.1) is 0 Å². The van der Waals surface area contributed by atoms with E-state index in [2.05, 4.69) is 36.5 Å². The number of nitrogen functional groups attached to an aromatic ring is 1. The zero-order valence-corrected chi connectivity index (χ0v) is 10.1. The summed E-state index contributed by atoms with van der Waals surface area (Å²) in [4.78, 5) is 0. The van der Waals surface area contributed by atoms with Crippen LogP contribution in [-0.4, -0.2) is 0 Å². The summed E-state index contributed by atoms with van der Waals surface area (Å²) in [5.74, 6) is 0. The third kappa shape index (κ3) is 3.00. The van der Waals surface area contributed by atoms with Gasteiger partial charge in [0, 0.05) is 17.9 Å². The Bertz CT molecular complexity index is 475. The van der Waals surface area contributed by atoms with Gasteiger partial charge in [-0.1, -0.05) is 37.3 Å². The van der Waals surface area contributed by atoms with E-state index in [-0.39, 0.29) is 0 Å². The highest BCUT2D eigenvalue weighted by molar-refractivity contribution is 5.50. The summed E-state index contributed by atoms with van der Waals surface area (Å²) >= 11 is 0. The molecule has 0 radical (unpaired) electrons. The van der Waals surface area contributed by atoms with Crippen molar-refractivity contribution in [1.82, 2.24) is 0 Å². The SMILES string of the molecule is CCc1ccc(NCc2ccccc2N)cc1. The van der Waals surface area contributed by atoms with Crippen LogP contribution in [0.2, 0.25) is 0 Å². The molecule has 2 rings (SSSR count). The first-order valence-electron chi connectivity index (χ1n) is 5.96. The Morgan fingerprint density at radius 1 is 1.00 bits per heavy atom. The van der Waals surface area contributed by atoms with Crippen LogP contribution in [0.4, 0.5) is 11.4 Å². The molecule has 0 heterocycles. The molecule has 0 atom stereocenters. The summed E-state index contributed by atoms with van der Waals surface area (Å²) in [6.45, 7) is 2.92. The van der Waals surface area contributed by atoms with Gasteiger partial charge in [0.1, 0.15) is 0 Å². The van der Waals surface area contributed by atoms with E-state index in [0.717, 1.165) is 29.9 Å². The Labute approximate surface area is 102 Å². The first-order chi connectivity index (χ1) is 8.29. The van der Waals surface area contributed by atoms with E-state index in [4.69, 9.17) is 5.73 Å². The minimum absolute atomic E-state index is 0.762. The molecule has 0 saturated heterocycles. The van der Waals surface area contributed by atoms with Crippen LogP contribution in [0.3, 0.4) is 0 Å². The molecule has 3 N–H and O–H groups in total. The van der Waals surface area contributed by atoms with Crippen LogP contribution >= 0.6 is 0 Å². The normalized spacial score (nSPS) is 10.2. The Morgan fingerprint density at radius 3 is 2.35 bits per heavy atom. The molecule has 0 aliphatic carbocycles. The van der Waals surface area contributed by atoms with Gasteiger partial charge in [-0.05, 0) is 35.7 Å². The number of anilines is 2. The monoisotopic (exact) mass is 226 g/mol. The van der Waals surface area contributed by atoms with Crippen LogP contribution in [0.1, 0.15) is 18.1 Å². The highest BCUT2D eigenvalue weighted by Gasteiger charge is 1.97. The van der Waals surface area contributed by atoms with Crippen molar-refractivity contribution in [1.29, 1.82) is 0 Å². The molecule has 0 aromatic heterocycles. The number of nitrogens with two attached hydrogens (primary N) is 1. The van der Waals surface area contributed by atoms with Crippen molar-refractivity contribution >= 4 is 11.4 Å². The van der Waals surface area contributed by atoms with Crippen LogP contribution in [-0.2, 0) is 13.0 Å². The van der Waals surface area contributed by atoms with Crippen molar-refractivity contribution < 1.29 is 0 Å². The van der Waals surface area contributed by atoms with Crippen LogP contribution in [0.5, 0.6) is 0 Å². The minimum atomic E-state index is 0.762. The summed E-state index contributed by atoms with van der Waals surface area (Å²) in [6, 6.07) is 16.5. The van der Waals surface area contributed by atoms with Gasteiger partial charge in [-0.25, -0.2) is 0 Å². The summed E-state index contributed by atoms with van der Waals surface area (Å²) < 4.78 is 0. The van der Waals surface area contributed by atoms with Crippen molar-refractivity contribution in [2.24, 2.45) is 0 Å². The molecule has 0 aliphatic heterocycles. The fourth-order valence-corrected chi connectivity index (χ4v) is 1.75. The maximum Gasteiger partial charge on any atom is 0.0421 e. The van der Waals surface area contributed by atoms with E-state index in [1.54, 1.807) is 0 Å².